The number of nitrogens with zero attached hydrogens (tertiary/aromatic N) is 3. The molecule has 4 rings (SSSR count). The van der Waals surface area contributed by atoms with Gasteiger partial charge in [0.25, 0.3) is 0 Å². The standard InChI is InChI=1S/C19H18FN5O.ClH/c20-13-6-4-5-12(11-13)17-24-15-16(21)22-14(23-18(15)25-17)7-10-19(26)8-2-1-3-9-19;/h4-6,11,26H,1-3,8-9H2,(H3,21,22,23,24,25);1H. The van der Waals surface area contributed by atoms with E-state index >= 15 is 0 Å². The van der Waals surface area contributed by atoms with Crippen molar-refractivity contribution >= 4 is 29.4 Å². The average molecular weight is 388 g/mol. The van der Waals surface area contributed by atoms with Gasteiger partial charge in [-0.1, -0.05) is 24.5 Å². The van der Waals surface area contributed by atoms with E-state index in [1.165, 1.54) is 12.1 Å². The van der Waals surface area contributed by atoms with Crippen LogP contribution < -0.4 is 5.73 Å². The molecule has 3 aromatic rings. The van der Waals surface area contributed by atoms with Crippen LogP contribution in [0.25, 0.3) is 22.6 Å². The summed E-state index contributed by atoms with van der Waals surface area (Å²) in [5.74, 6) is 6.25. The number of hydrogen-bond acceptors (Lipinski definition) is 5. The molecular weight excluding hydrogens is 369 g/mol. The lowest BCUT2D eigenvalue weighted by molar-refractivity contribution is 0.0610. The van der Waals surface area contributed by atoms with Crippen LogP contribution in [-0.2, 0) is 0 Å². The molecule has 0 unspecified atom stereocenters. The first kappa shape index (κ1) is 19.1. The number of halogens is 2. The number of fused-ring (bicyclic) bond motifs is 1. The number of benzene rings is 1. The zero-order valence-corrected chi connectivity index (χ0v) is 15.3. The second kappa shape index (κ2) is 7.51. The maximum absolute atomic E-state index is 13.4. The molecule has 0 spiro atoms. The second-order valence-corrected chi connectivity index (χ2v) is 6.57. The molecule has 0 bridgehead atoms. The number of aliphatic hydroxyl groups is 1. The molecule has 0 saturated heterocycles. The average Bonchev–Trinajstić information content (AvgIpc) is 3.06. The van der Waals surface area contributed by atoms with E-state index in [2.05, 4.69) is 31.8 Å². The Kier molecular flexibility index (Phi) is 5.31. The van der Waals surface area contributed by atoms with Crippen molar-refractivity contribution in [2.45, 2.75) is 37.7 Å². The van der Waals surface area contributed by atoms with Gasteiger partial charge in [-0.3, -0.25) is 0 Å². The molecule has 6 nitrogen and oxygen atoms in total. The molecule has 0 amide bonds. The predicted molar refractivity (Wildman–Crippen MR) is 104 cm³/mol. The summed E-state index contributed by atoms with van der Waals surface area (Å²) in [5.41, 5.74) is 6.43. The van der Waals surface area contributed by atoms with Crippen molar-refractivity contribution in [1.82, 2.24) is 19.9 Å². The van der Waals surface area contributed by atoms with E-state index < -0.39 is 5.60 Å². The maximum Gasteiger partial charge on any atom is 0.209 e. The molecule has 4 N–H and O–H groups in total. The highest BCUT2D eigenvalue weighted by atomic mass is 35.5. The lowest BCUT2D eigenvalue weighted by Crippen LogP contribution is -2.29. The topological polar surface area (TPSA) is 101 Å². The van der Waals surface area contributed by atoms with Gasteiger partial charge in [0.2, 0.25) is 5.82 Å². The fraction of sp³-hybridized carbons (Fsp3) is 0.316. The van der Waals surface area contributed by atoms with Crippen LogP contribution >= 0.6 is 12.4 Å². The number of aromatic nitrogens is 4. The number of rotatable bonds is 1. The molecular formula is C19H19ClFN5O. The molecule has 2 aromatic heterocycles. The van der Waals surface area contributed by atoms with Gasteiger partial charge in [-0.05, 0) is 43.7 Å². The number of nitrogens with one attached hydrogen (secondary N) is 1. The quantitative estimate of drug-likeness (QED) is 0.556. The predicted octanol–water partition coefficient (Wildman–Crippen LogP) is 3.21. The molecule has 8 heteroatoms. The Morgan fingerprint density at radius 3 is 2.67 bits per heavy atom. The molecule has 1 aliphatic carbocycles. The summed E-state index contributed by atoms with van der Waals surface area (Å²) in [6.07, 6.45) is 4.36. The first-order valence-corrected chi connectivity index (χ1v) is 8.57. The fourth-order valence-corrected chi connectivity index (χ4v) is 3.18. The Labute approximate surface area is 161 Å². The Balaban J connectivity index is 0.00000210. The summed E-state index contributed by atoms with van der Waals surface area (Å²) in [7, 11) is 0. The normalized spacial score (nSPS) is 15.6. The summed E-state index contributed by atoms with van der Waals surface area (Å²) in [6, 6.07) is 6.09. The van der Waals surface area contributed by atoms with Gasteiger partial charge in [-0.25, -0.2) is 19.3 Å². The molecule has 0 aliphatic heterocycles. The van der Waals surface area contributed by atoms with Crippen LogP contribution in [0.15, 0.2) is 24.3 Å². The number of H-pyrrole nitrogens is 1. The number of anilines is 1. The van der Waals surface area contributed by atoms with Crippen molar-refractivity contribution in [1.29, 1.82) is 0 Å². The van der Waals surface area contributed by atoms with Gasteiger partial charge in [0.15, 0.2) is 17.0 Å². The molecule has 1 aromatic carbocycles. The third-order valence-corrected chi connectivity index (χ3v) is 4.56. The van der Waals surface area contributed by atoms with Crippen LogP contribution in [0.5, 0.6) is 0 Å². The van der Waals surface area contributed by atoms with Crippen molar-refractivity contribution in [3.8, 4) is 23.2 Å². The van der Waals surface area contributed by atoms with Gasteiger partial charge in [0, 0.05) is 5.56 Å². The van der Waals surface area contributed by atoms with Gasteiger partial charge in [-0.2, -0.15) is 0 Å². The molecule has 1 fully saturated rings. The first-order chi connectivity index (χ1) is 12.5. The van der Waals surface area contributed by atoms with Crippen molar-refractivity contribution in [3.63, 3.8) is 0 Å². The SMILES string of the molecule is Cl.Nc1nc(C#CC2(O)CCCCC2)nc2[nH]c(-c3cccc(F)c3)nc12. The third kappa shape index (κ3) is 4.02. The maximum atomic E-state index is 13.4. The molecule has 2 heterocycles. The van der Waals surface area contributed by atoms with E-state index in [9.17, 15) is 9.50 Å². The zero-order valence-electron chi connectivity index (χ0n) is 14.5. The van der Waals surface area contributed by atoms with Crippen LogP contribution in [0.1, 0.15) is 37.9 Å². The van der Waals surface area contributed by atoms with E-state index in [1.807, 2.05) is 0 Å². The van der Waals surface area contributed by atoms with Crippen LogP contribution in [0, 0.1) is 17.7 Å². The summed E-state index contributed by atoms with van der Waals surface area (Å²) >= 11 is 0. The van der Waals surface area contributed by atoms with Gasteiger partial charge < -0.3 is 15.8 Å². The van der Waals surface area contributed by atoms with Gasteiger partial charge >= 0.3 is 0 Å². The lowest BCUT2D eigenvalue weighted by Gasteiger charge is -2.26. The van der Waals surface area contributed by atoms with Crippen molar-refractivity contribution in [2.75, 3.05) is 5.73 Å². The summed E-state index contributed by atoms with van der Waals surface area (Å²) in [6.45, 7) is 0. The zero-order chi connectivity index (χ0) is 18.1. The van der Waals surface area contributed by atoms with E-state index in [4.69, 9.17) is 5.73 Å². The summed E-state index contributed by atoms with van der Waals surface area (Å²) < 4.78 is 13.4. The lowest BCUT2D eigenvalue weighted by atomic mass is 9.85. The fourth-order valence-electron chi connectivity index (χ4n) is 3.18. The van der Waals surface area contributed by atoms with Crippen molar-refractivity contribution in [3.05, 3.63) is 35.9 Å². The minimum Gasteiger partial charge on any atom is -0.382 e. The Bertz CT molecular complexity index is 1030. The monoisotopic (exact) mass is 387 g/mol. The van der Waals surface area contributed by atoms with Crippen LogP contribution in [-0.4, -0.2) is 30.6 Å². The number of nitrogens with two attached hydrogens (primary N) is 1. The Morgan fingerprint density at radius 1 is 1.15 bits per heavy atom. The van der Waals surface area contributed by atoms with Crippen LogP contribution in [0.2, 0.25) is 0 Å². The third-order valence-electron chi connectivity index (χ3n) is 4.56. The van der Waals surface area contributed by atoms with Crippen molar-refractivity contribution < 1.29 is 9.50 Å². The molecule has 1 aliphatic rings. The highest BCUT2D eigenvalue weighted by Gasteiger charge is 2.26. The number of hydrogen-bond donors (Lipinski definition) is 3. The summed E-state index contributed by atoms with van der Waals surface area (Å²) in [5, 5.41) is 10.5. The largest absolute Gasteiger partial charge is 0.382 e. The number of aromatic amines is 1. The van der Waals surface area contributed by atoms with Gasteiger partial charge in [-0.15, -0.1) is 12.4 Å². The van der Waals surface area contributed by atoms with Gasteiger partial charge in [0.1, 0.15) is 17.2 Å². The number of imidazole rings is 1. The van der Waals surface area contributed by atoms with Crippen molar-refractivity contribution in [2.24, 2.45) is 0 Å². The molecule has 0 radical (unpaired) electrons. The highest BCUT2D eigenvalue weighted by molar-refractivity contribution is 5.85. The summed E-state index contributed by atoms with van der Waals surface area (Å²) in [4.78, 5) is 15.9. The van der Waals surface area contributed by atoms with Crippen LogP contribution in [0.4, 0.5) is 10.2 Å². The van der Waals surface area contributed by atoms with Crippen LogP contribution in [0.3, 0.4) is 0 Å². The van der Waals surface area contributed by atoms with Gasteiger partial charge in [0.05, 0.1) is 0 Å². The highest BCUT2D eigenvalue weighted by Crippen LogP contribution is 2.27. The van der Waals surface area contributed by atoms with E-state index in [0.717, 1.165) is 19.3 Å². The molecule has 0 atom stereocenters. The second-order valence-electron chi connectivity index (χ2n) is 6.57. The molecule has 140 valence electrons. The first-order valence-electron chi connectivity index (χ1n) is 8.57. The minimum atomic E-state index is -0.980. The van der Waals surface area contributed by atoms with E-state index in [1.54, 1.807) is 12.1 Å². The smallest absolute Gasteiger partial charge is 0.209 e. The van der Waals surface area contributed by atoms with E-state index in [-0.39, 0.29) is 29.9 Å². The minimum absolute atomic E-state index is 0. The molecule has 1 saturated carbocycles. The van der Waals surface area contributed by atoms with E-state index in [0.29, 0.717) is 35.4 Å². The molecule has 27 heavy (non-hydrogen) atoms. The Hall–Kier alpha value is -2.69. The Morgan fingerprint density at radius 2 is 1.93 bits per heavy atom. The number of nitrogen functional groups attached to an aromatic ring is 1.